The van der Waals surface area contributed by atoms with Crippen molar-refractivity contribution in [2.45, 2.75) is 57.2 Å². The summed E-state index contributed by atoms with van der Waals surface area (Å²) in [7, 11) is 0. The fraction of sp³-hybridized carbons (Fsp3) is 0.688. The van der Waals surface area contributed by atoms with E-state index in [1.807, 2.05) is 0 Å². The Balaban J connectivity index is 1.56. The van der Waals surface area contributed by atoms with E-state index >= 15 is 0 Å². The van der Waals surface area contributed by atoms with E-state index in [-0.39, 0.29) is 38.3 Å². The molecule has 1 aliphatic heterocycles. The third-order valence-electron chi connectivity index (χ3n) is 5.02. The van der Waals surface area contributed by atoms with Crippen molar-refractivity contribution in [1.82, 2.24) is 19.7 Å². The SMILES string of the molecule is N[C@@H](CC(=O)N1CCn2c(nnc2C(F)(F)F)C1)CC1CC(F)=C(F)CC1F. The molecule has 1 aromatic heterocycles. The average molecular weight is 411 g/mol. The highest BCUT2D eigenvalue weighted by molar-refractivity contribution is 5.76. The molecule has 2 N–H and O–H groups in total. The largest absolute Gasteiger partial charge is 0.451 e. The summed E-state index contributed by atoms with van der Waals surface area (Å²) >= 11 is 0. The zero-order valence-electron chi connectivity index (χ0n) is 14.7. The molecule has 0 fully saturated rings. The molecule has 2 aliphatic rings. The van der Waals surface area contributed by atoms with Gasteiger partial charge in [0, 0.05) is 38.4 Å². The first kappa shape index (κ1) is 20.6. The van der Waals surface area contributed by atoms with Gasteiger partial charge >= 0.3 is 6.18 Å². The van der Waals surface area contributed by atoms with Crippen molar-refractivity contribution in [3.63, 3.8) is 0 Å². The molecule has 0 saturated carbocycles. The fourth-order valence-electron chi connectivity index (χ4n) is 3.55. The zero-order chi connectivity index (χ0) is 20.6. The Morgan fingerprint density at radius 2 is 1.86 bits per heavy atom. The van der Waals surface area contributed by atoms with E-state index in [0.717, 1.165) is 4.57 Å². The summed E-state index contributed by atoms with van der Waals surface area (Å²) in [5.74, 6) is -4.43. The molecule has 6 nitrogen and oxygen atoms in total. The minimum atomic E-state index is -4.63. The Labute approximate surface area is 156 Å². The van der Waals surface area contributed by atoms with Crippen molar-refractivity contribution in [2.75, 3.05) is 6.54 Å². The van der Waals surface area contributed by atoms with Crippen molar-refractivity contribution >= 4 is 5.91 Å². The van der Waals surface area contributed by atoms with Crippen molar-refractivity contribution < 1.29 is 31.1 Å². The van der Waals surface area contributed by atoms with Gasteiger partial charge in [-0.1, -0.05) is 0 Å². The van der Waals surface area contributed by atoms with Gasteiger partial charge in [0.1, 0.15) is 17.8 Å². The highest BCUT2D eigenvalue weighted by Gasteiger charge is 2.40. The van der Waals surface area contributed by atoms with E-state index in [4.69, 9.17) is 5.73 Å². The smallest absolute Gasteiger partial charge is 0.333 e. The molecular weight excluding hydrogens is 392 g/mol. The van der Waals surface area contributed by atoms with Crippen LogP contribution in [0.25, 0.3) is 0 Å². The van der Waals surface area contributed by atoms with Crippen LogP contribution < -0.4 is 5.73 Å². The van der Waals surface area contributed by atoms with Gasteiger partial charge in [0.15, 0.2) is 5.82 Å². The minimum Gasteiger partial charge on any atom is -0.333 e. The van der Waals surface area contributed by atoms with Gasteiger partial charge in [-0.3, -0.25) is 4.79 Å². The molecule has 3 rings (SSSR count). The number of hydrogen-bond acceptors (Lipinski definition) is 4. The number of fused-ring (bicyclic) bond motifs is 1. The number of hydrogen-bond donors (Lipinski definition) is 1. The quantitative estimate of drug-likeness (QED) is 0.773. The van der Waals surface area contributed by atoms with Gasteiger partial charge in [-0.2, -0.15) is 13.2 Å². The van der Waals surface area contributed by atoms with Gasteiger partial charge < -0.3 is 15.2 Å². The molecule has 0 saturated heterocycles. The molecule has 156 valence electrons. The number of carbonyl (C=O) groups is 1. The molecule has 0 spiro atoms. The highest BCUT2D eigenvalue weighted by Crippen LogP contribution is 2.36. The Morgan fingerprint density at radius 3 is 2.54 bits per heavy atom. The van der Waals surface area contributed by atoms with Crippen LogP contribution in [0.2, 0.25) is 0 Å². The number of nitrogens with two attached hydrogens (primary N) is 1. The molecule has 1 amide bonds. The minimum absolute atomic E-state index is 0.00412. The summed E-state index contributed by atoms with van der Waals surface area (Å²) in [6.45, 7) is -0.230. The third kappa shape index (κ3) is 4.31. The summed E-state index contributed by atoms with van der Waals surface area (Å²) in [6, 6.07) is -0.782. The first-order valence-corrected chi connectivity index (χ1v) is 8.76. The number of amides is 1. The van der Waals surface area contributed by atoms with E-state index in [1.165, 1.54) is 4.90 Å². The number of allylic oxidation sites excluding steroid dienone is 2. The number of nitrogens with zero attached hydrogens (tertiary/aromatic N) is 4. The van der Waals surface area contributed by atoms with Crippen molar-refractivity contribution in [2.24, 2.45) is 11.7 Å². The lowest BCUT2D eigenvalue weighted by Gasteiger charge is -2.30. The summed E-state index contributed by atoms with van der Waals surface area (Å²) in [5.41, 5.74) is 5.88. The lowest BCUT2D eigenvalue weighted by Crippen LogP contribution is -2.42. The Bertz CT molecular complexity index is 776. The van der Waals surface area contributed by atoms with E-state index < -0.39 is 60.5 Å². The van der Waals surface area contributed by atoms with Crippen LogP contribution in [0.5, 0.6) is 0 Å². The van der Waals surface area contributed by atoms with E-state index in [2.05, 4.69) is 10.2 Å². The standard InChI is InChI=1S/C16H19F6N5O/c17-10-6-12(19)11(18)4-8(10)3-9(23)5-14(28)26-1-2-27-13(7-26)24-25-15(27)16(20,21)22/h8-10H,1-7,23H2/t8?,9-,10?/m1/s1. The second-order valence-corrected chi connectivity index (χ2v) is 7.10. The van der Waals surface area contributed by atoms with Gasteiger partial charge in [-0.15, -0.1) is 10.2 Å². The predicted molar refractivity (Wildman–Crippen MR) is 84.5 cm³/mol. The monoisotopic (exact) mass is 411 g/mol. The van der Waals surface area contributed by atoms with Gasteiger partial charge in [0.2, 0.25) is 11.7 Å². The molecule has 0 aromatic carbocycles. The molecular formula is C16H19F6N5O. The van der Waals surface area contributed by atoms with Crippen LogP contribution in [0, 0.1) is 5.92 Å². The fourth-order valence-corrected chi connectivity index (χ4v) is 3.55. The van der Waals surface area contributed by atoms with Gasteiger partial charge in [0.25, 0.3) is 0 Å². The van der Waals surface area contributed by atoms with Crippen LogP contribution in [0.1, 0.15) is 37.3 Å². The molecule has 28 heavy (non-hydrogen) atoms. The van der Waals surface area contributed by atoms with Crippen LogP contribution in [-0.2, 0) is 24.1 Å². The van der Waals surface area contributed by atoms with Crippen molar-refractivity contribution in [1.29, 1.82) is 0 Å². The predicted octanol–water partition coefficient (Wildman–Crippen LogP) is 2.65. The zero-order valence-corrected chi connectivity index (χ0v) is 14.7. The summed E-state index contributed by atoms with van der Waals surface area (Å²) in [6.07, 6.45) is -7.43. The normalized spacial score (nSPS) is 24.3. The van der Waals surface area contributed by atoms with Crippen LogP contribution in [0.15, 0.2) is 11.7 Å². The number of alkyl halides is 4. The number of halogens is 6. The molecule has 2 heterocycles. The molecule has 1 aromatic rings. The number of aromatic nitrogens is 3. The van der Waals surface area contributed by atoms with Gasteiger partial charge in [0.05, 0.1) is 6.54 Å². The van der Waals surface area contributed by atoms with Gasteiger partial charge in [-0.25, -0.2) is 13.2 Å². The van der Waals surface area contributed by atoms with Crippen molar-refractivity contribution in [3.05, 3.63) is 23.3 Å². The molecule has 1 aliphatic carbocycles. The van der Waals surface area contributed by atoms with E-state index in [0.29, 0.717) is 0 Å². The van der Waals surface area contributed by atoms with E-state index in [1.54, 1.807) is 0 Å². The first-order chi connectivity index (χ1) is 13.1. The van der Waals surface area contributed by atoms with Crippen LogP contribution in [0.3, 0.4) is 0 Å². The lowest BCUT2D eigenvalue weighted by molar-refractivity contribution is -0.148. The molecule has 0 radical (unpaired) electrons. The maximum absolute atomic E-state index is 13.9. The highest BCUT2D eigenvalue weighted by atomic mass is 19.4. The summed E-state index contributed by atoms with van der Waals surface area (Å²) in [4.78, 5) is 13.7. The average Bonchev–Trinajstić information content (AvgIpc) is 3.03. The summed E-state index contributed by atoms with van der Waals surface area (Å²) in [5, 5.41) is 6.63. The molecule has 3 atom stereocenters. The number of carbonyl (C=O) groups excluding carboxylic acids is 1. The van der Waals surface area contributed by atoms with Gasteiger partial charge in [-0.05, 0) is 12.3 Å². The van der Waals surface area contributed by atoms with Crippen LogP contribution in [-0.4, -0.2) is 44.3 Å². The second kappa shape index (κ2) is 7.72. The van der Waals surface area contributed by atoms with Crippen LogP contribution in [0.4, 0.5) is 26.3 Å². The molecule has 12 heteroatoms. The van der Waals surface area contributed by atoms with Crippen LogP contribution >= 0.6 is 0 Å². The maximum atomic E-state index is 13.9. The third-order valence-corrected chi connectivity index (χ3v) is 5.02. The lowest BCUT2D eigenvalue weighted by atomic mass is 9.85. The maximum Gasteiger partial charge on any atom is 0.451 e. The second-order valence-electron chi connectivity index (χ2n) is 7.10. The van der Waals surface area contributed by atoms with E-state index in [9.17, 15) is 31.1 Å². The van der Waals surface area contributed by atoms with Crippen molar-refractivity contribution in [3.8, 4) is 0 Å². The Kier molecular flexibility index (Phi) is 5.69. The Hall–Kier alpha value is -2.11. The summed E-state index contributed by atoms with van der Waals surface area (Å²) < 4.78 is 79.8. The topological polar surface area (TPSA) is 77.0 Å². The molecule has 0 bridgehead atoms. The number of rotatable bonds is 4. The molecule has 2 unspecified atom stereocenters. The Morgan fingerprint density at radius 1 is 1.18 bits per heavy atom. The first-order valence-electron chi connectivity index (χ1n) is 8.76.